The van der Waals surface area contributed by atoms with Crippen molar-refractivity contribution in [2.24, 2.45) is 11.8 Å². The van der Waals surface area contributed by atoms with E-state index in [1.807, 2.05) is 4.90 Å². The highest BCUT2D eigenvalue weighted by molar-refractivity contribution is 5.88. The Morgan fingerprint density at radius 3 is 2.39 bits per heavy atom. The van der Waals surface area contributed by atoms with E-state index in [1.54, 1.807) is 13.8 Å². The second-order valence-corrected chi connectivity index (χ2v) is 9.84. The van der Waals surface area contributed by atoms with E-state index in [0.717, 1.165) is 25.9 Å². The lowest BCUT2D eigenvalue weighted by Crippen LogP contribution is -2.57. The fourth-order valence-corrected chi connectivity index (χ4v) is 4.68. The molecule has 1 aromatic carbocycles. The van der Waals surface area contributed by atoms with Gasteiger partial charge in [0.2, 0.25) is 11.7 Å². The number of carbonyl (C=O) groups is 2. The lowest BCUT2D eigenvalue weighted by atomic mass is 9.90. The van der Waals surface area contributed by atoms with E-state index in [-0.39, 0.29) is 17.9 Å². The summed E-state index contributed by atoms with van der Waals surface area (Å²) in [5.74, 6) is -1.66. The van der Waals surface area contributed by atoms with Gasteiger partial charge in [0.1, 0.15) is 0 Å². The lowest BCUT2D eigenvalue weighted by Gasteiger charge is -2.42. The molecule has 2 fully saturated rings. The van der Waals surface area contributed by atoms with Crippen LogP contribution in [0.25, 0.3) is 0 Å². The first-order valence-electron chi connectivity index (χ1n) is 11.7. The first-order chi connectivity index (χ1) is 14.6. The van der Waals surface area contributed by atoms with Gasteiger partial charge in [-0.15, -0.1) is 0 Å². The highest BCUT2D eigenvalue weighted by Crippen LogP contribution is 2.33. The van der Waals surface area contributed by atoms with Gasteiger partial charge in [0, 0.05) is 45.2 Å². The minimum atomic E-state index is -0.981. The van der Waals surface area contributed by atoms with Crippen LogP contribution in [0.2, 0.25) is 0 Å². The van der Waals surface area contributed by atoms with E-state index >= 15 is 0 Å². The summed E-state index contributed by atoms with van der Waals surface area (Å²) in [6.07, 6.45) is 2.00. The zero-order valence-corrected chi connectivity index (χ0v) is 19.9. The molecule has 3 rings (SSSR count). The fraction of sp³-hybridized carbons (Fsp3) is 0.680. The van der Waals surface area contributed by atoms with Crippen LogP contribution in [0.4, 0.5) is 5.69 Å². The average molecular weight is 431 g/mol. The Bertz CT molecular complexity index is 774. The minimum Gasteiger partial charge on any atom is -0.432 e. The Morgan fingerprint density at radius 2 is 1.87 bits per heavy atom. The number of ether oxygens (including phenoxy) is 2. The van der Waals surface area contributed by atoms with Crippen molar-refractivity contribution in [2.75, 3.05) is 24.5 Å². The third kappa shape index (κ3) is 5.59. The number of piperazine rings is 1. The summed E-state index contributed by atoms with van der Waals surface area (Å²) in [4.78, 5) is 30.3. The van der Waals surface area contributed by atoms with Crippen LogP contribution in [0.3, 0.4) is 0 Å². The van der Waals surface area contributed by atoms with Crippen LogP contribution in [0.1, 0.15) is 59.9 Å². The van der Waals surface area contributed by atoms with Gasteiger partial charge in [0.05, 0.1) is 5.92 Å². The normalized spacial score (nSPS) is 24.4. The Kier molecular flexibility index (Phi) is 7.30. The molecule has 6 nitrogen and oxygen atoms in total. The molecule has 172 valence electrons. The molecule has 3 atom stereocenters. The lowest BCUT2D eigenvalue weighted by molar-refractivity contribution is -0.163. The molecule has 0 N–H and O–H groups in total. The molecule has 6 heteroatoms. The SMILES string of the molecule is CCCc1ccc(N2CCN(C(=O)[C@@H](CC(C)C)[C@@H]3OC(C)(C)OC3=O)[C@H](C)C2)cc1. The van der Waals surface area contributed by atoms with E-state index in [4.69, 9.17) is 9.47 Å². The standard InChI is InChI=1S/C25H38N2O4/c1-7-8-19-9-11-20(12-10-19)26-13-14-27(18(4)16-26)23(28)21(15-17(2)3)22-24(29)31-25(5,6)30-22/h9-12,17-18,21-22H,7-8,13-16H2,1-6H3/t18-,21+,22+/m1/s1. The first-order valence-corrected chi connectivity index (χ1v) is 11.7. The van der Waals surface area contributed by atoms with E-state index < -0.39 is 23.8 Å². The van der Waals surface area contributed by atoms with Crippen molar-refractivity contribution in [1.29, 1.82) is 0 Å². The maximum absolute atomic E-state index is 13.6. The van der Waals surface area contributed by atoms with Crippen molar-refractivity contribution in [1.82, 2.24) is 4.90 Å². The number of esters is 1. The summed E-state index contributed by atoms with van der Waals surface area (Å²) in [6, 6.07) is 8.81. The molecule has 1 aromatic rings. The summed E-state index contributed by atoms with van der Waals surface area (Å²) in [5, 5.41) is 0. The summed E-state index contributed by atoms with van der Waals surface area (Å²) in [6.45, 7) is 14.0. The third-order valence-electron chi connectivity index (χ3n) is 6.15. The van der Waals surface area contributed by atoms with Gasteiger partial charge in [-0.1, -0.05) is 39.3 Å². The van der Waals surface area contributed by atoms with Crippen molar-refractivity contribution < 1.29 is 19.1 Å². The number of rotatable bonds is 7. The van der Waals surface area contributed by atoms with E-state index in [2.05, 4.69) is 56.9 Å². The topological polar surface area (TPSA) is 59.1 Å². The minimum absolute atomic E-state index is 0.00112. The number of aryl methyl sites for hydroxylation is 1. The van der Waals surface area contributed by atoms with Gasteiger partial charge < -0.3 is 19.3 Å². The number of hydrogen-bond donors (Lipinski definition) is 0. The Morgan fingerprint density at radius 1 is 1.19 bits per heavy atom. The van der Waals surface area contributed by atoms with Gasteiger partial charge in [-0.25, -0.2) is 4.79 Å². The van der Waals surface area contributed by atoms with Crippen molar-refractivity contribution in [3.63, 3.8) is 0 Å². The zero-order valence-electron chi connectivity index (χ0n) is 19.9. The number of nitrogens with zero attached hydrogens (tertiary/aromatic N) is 2. The number of hydrogen-bond acceptors (Lipinski definition) is 5. The third-order valence-corrected chi connectivity index (χ3v) is 6.15. The summed E-state index contributed by atoms with van der Waals surface area (Å²) < 4.78 is 11.2. The maximum Gasteiger partial charge on any atom is 0.338 e. The average Bonchev–Trinajstić information content (AvgIpc) is 2.98. The summed E-state index contributed by atoms with van der Waals surface area (Å²) in [7, 11) is 0. The Balaban J connectivity index is 1.70. The van der Waals surface area contributed by atoms with Crippen molar-refractivity contribution in [3.8, 4) is 0 Å². The monoisotopic (exact) mass is 430 g/mol. The van der Waals surface area contributed by atoms with Gasteiger partial charge in [0.15, 0.2) is 6.10 Å². The Labute approximate surface area is 186 Å². The summed E-state index contributed by atoms with van der Waals surface area (Å²) in [5.41, 5.74) is 2.55. The molecule has 31 heavy (non-hydrogen) atoms. The van der Waals surface area contributed by atoms with Gasteiger partial charge in [0.25, 0.3) is 0 Å². The number of amides is 1. The Hall–Kier alpha value is -2.08. The molecule has 0 radical (unpaired) electrons. The van der Waals surface area contributed by atoms with Crippen LogP contribution in [0.5, 0.6) is 0 Å². The van der Waals surface area contributed by atoms with Crippen LogP contribution < -0.4 is 4.90 Å². The molecular weight excluding hydrogens is 392 g/mol. The number of benzene rings is 1. The molecule has 0 aromatic heterocycles. The molecule has 2 heterocycles. The van der Waals surface area contributed by atoms with Crippen molar-refractivity contribution >= 4 is 17.6 Å². The second-order valence-electron chi connectivity index (χ2n) is 9.84. The maximum atomic E-state index is 13.6. The van der Waals surface area contributed by atoms with E-state index in [1.165, 1.54) is 11.3 Å². The van der Waals surface area contributed by atoms with Crippen LogP contribution in [-0.2, 0) is 25.5 Å². The zero-order chi connectivity index (χ0) is 22.8. The number of cyclic esters (lactones) is 1. The molecule has 2 aliphatic rings. The fourth-order valence-electron chi connectivity index (χ4n) is 4.68. The van der Waals surface area contributed by atoms with Crippen LogP contribution in [0, 0.1) is 11.8 Å². The molecular formula is C25H38N2O4. The predicted octanol–water partition coefficient (Wildman–Crippen LogP) is 4.02. The van der Waals surface area contributed by atoms with E-state index in [0.29, 0.717) is 13.0 Å². The molecule has 2 saturated heterocycles. The second kappa shape index (κ2) is 9.60. The molecule has 0 aliphatic carbocycles. The van der Waals surface area contributed by atoms with E-state index in [9.17, 15) is 9.59 Å². The van der Waals surface area contributed by atoms with Gasteiger partial charge in [-0.2, -0.15) is 0 Å². The number of anilines is 1. The quantitative estimate of drug-likeness (QED) is 0.612. The summed E-state index contributed by atoms with van der Waals surface area (Å²) >= 11 is 0. The molecule has 0 unspecified atom stereocenters. The van der Waals surface area contributed by atoms with Crippen molar-refractivity contribution in [3.05, 3.63) is 29.8 Å². The van der Waals surface area contributed by atoms with Crippen LogP contribution in [0.15, 0.2) is 24.3 Å². The molecule has 0 bridgehead atoms. The number of carbonyl (C=O) groups excluding carboxylic acids is 2. The molecule has 2 aliphatic heterocycles. The predicted molar refractivity (Wildman–Crippen MR) is 122 cm³/mol. The highest BCUT2D eigenvalue weighted by Gasteiger charge is 2.49. The van der Waals surface area contributed by atoms with Gasteiger partial charge >= 0.3 is 5.97 Å². The smallest absolute Gasteiger partial charge is 0.338 e. The first kappa shape index (κ1) is 23.6. The molecule has 1 amide bonds. The molecule has 0 spiro atoms. The largest absolute Gasteiger partial charge is 0.432 e. The van der Waals surface area contributed by atoms with Crippen LogP contribution in [-0.4, -0.2) is 54.3 Å². The van der Waals surface area contributed by atoms with Gasteiger partial charge in [-0.3, -0.25) is 4.79 Å². The molecule has 0 saturated carbocycles. The van der Waals surface area contributed by atoms with Crippen LogP contribution >= 0.6 is 0 Å². The van der Waals surface area contributed by atoms with Crippen molar-refractivity contribution in [2.45, 2.75) is 78.7 Å². The highest BCUT2D eigenvalue weighted by atomic mass is 16.8. The van der Waals surface area contributed by atoms with Gasteiger partial charge in [-0.05, 0) is 43.4 Å².